The van der Waals surface area contributed by atoms with E-state index in [2.05, 4.69) is 67.6 Å². The highest BCUT2D eigenvalue weighted by Gasteiger charge is 2.25. The van der Waals surface area contributed by atoms with Gasteiger partial charge in [-0.2, -0.15) is 15.5 Å². The Labute approximate surface area is 392 Å². The molecule has 2 aliphatic rings. The number of nitriles is 2. The molecule has 2 fully saturated rings. The van der Waals surface area contributed by atoms with Crippen LogP contribution in [0.3, 0.4) is 0 Å². The van der Waals surface area contributed by atoms with Gasteiger partial charge in [0, 0.05) is 116 Å². The number of H-pyrrole nitrogens is 2. The Bertz CT molecular complexity index is 3320. The molecule has 348 valence electrons. The van der Waals surface area contributed by atoms with E-state index in [1.165, 1.54) is 12.1 Å². The molecule has 20 heteroatoms. The molecule has 4 aromatic heterocycles. The molecule has 0 amide bonds. The van der Waals surface area contributed by atoms with Crippen molar-refractivity contribution >= 4 is 56.2 Å². The number of piperazine rings is 2. The van der Waals surface area contributed by atoms with E-state index < -0.39 is 40.6 Å². The molecule has 0 aliphatic carbocycles. The molecule has 0 unspecified atom stereocenters. The molecule has 4 aromatic carbocycles. The number of hydrogen-bond donors (Lipinski definition) is 5. The van der Waals surface area contributed by atoms with Gasteiger partial charge in [-0.05, 0) is 74.6 Å². The Morgan fingerprint density at radius 3 is 1.83 bits per heavy atom. The van der Waals surface area contributed by atoms with Gasteiger partial charge < -0.3 is 50.1 Å². The van der Waals surface area contributed by atoms with Crippen molar-refractivity contribution in [3.05, 3.63) is 131 Å². The van der Waals surface area contributed by atoms with Gasteiger partial charge >= 0.3 is 0 Å². The van der Waals surface area contributed by atoms with Gasteiger partial charge in [-0.25, -0.2) is 32.5 Å². The maximum Gasteiger partial charge on any atom is 0.243 e. The SMILES string of the molecule is Cc1cc2c(F)c(Oc3nc(Cc4cc5c(F)c(Oc6ncnc(Nc7ccc(N8CCNCC8)cc7)c6C#N)cc(F)c5[nH]4)nc(Nc4ccc(N5CCN(C)CC5)cc4)c3C#N)cc(F)c2[nH]1. The van der Waals surface area contributed by atoms with E-state index in [1.54, 1.807) is 6.92 Å². The second-order valence-electron chi connectivity index (χ2n) is 16.7. The Balaban J connectivity index is 0.946. The molecule has 0 saturated carbocycles. The minimum atomic E-state index is -0.963. The molecular weight excluding hydrogens is 893 g/mol. The standard InChI is InChI=1S/C49H42F4N14O2/c1-27-19-33-42(52)40(22-37(50)44(33)59-27)69-49-36(25-55)47(62-29-5-9-32(10-6-29)67-17-15-65(2)16-18-67)63-41(64-49)21-30-20-34-43(53)39(23-38(51)45(34)60-30)68-48-35(24-54)46(57-26-58-48)61-28-3-7-31(8-4-28)66-13-11-56-12-14-66/h3-10,19-20,22-23,26,56,59-60H,11-18,21H2,1-2H3,(H,57,58,61)(H,62,63,64). The number of nitrogens with zero attached hydrogens (tertiary/aromatic N) is 9. The summed E-state index contributed by atoms with van der Waals surface area (Å²) >= 11 is 0. The molecule has 0 bridgehead atoms. The molecule has 16 nitrogen and oxygen atoms in total. The van der Waals surface area contributed by atoms with Crippen LogP contribution < -0.4 is 35.2 Å². The fourth-order valence-corrected chi connectivity index (χ4v) is 8.45. The van der Waals surface area contributed by atoms with Crippen LogP contribution in [0.5, 0.6) is 23.3 Å². The lowest BCUT2D eigenvalue weighted by molar-refractivity contribution is 0.313. The summed E-state index contributed by atoms with van der Waals surface area (Å²) in [6.45, 7) is 8.73. The average molecular weight is 935 g/mol. The van der Waals surface area contributed by atoms with Crippen molar-refractivity contribution in [1.82, 2.24) is 40.1 Å². The van der Waals surface area contributed by atoms with E-state index in [4.69, 9.17) is 9.47 Å². The lowest BCUT2D eigenvalue weighted by Crippen LogP contribution is -2.44. The van der Waals surface area contributed by atoms with Crippen molar-refractivity contribution in [1.29, 1.82) is 10.5 Å². The largest absolute Gasteiger partial charge is 0.434 e. The Hall–Kier alpha value is -8.46. The molecule has 8 aromatic rings. The Morgan fingerprint density at radius 1 is 0.652 bits per heavy atom. The lowest BCUT2D eigenvalue weighted by Gasteiger charge is -2.34. The molecule has 2 saturated heterocycles. The summed E-state index contributed by atoms with van der Waals surface area (Å²) in [5, 5.41) is 29.9. The van der Waals surface area contributed by atoms with Crippen molar-refractivity contribution in [2.24, 2.45) is 0 Å². The van der Waals surface area contributed by atoms with Gasteiger partial charge in [0.15, 0.2) is 57.5 Å². The highest BCUT2D eigenvalue weighted by molar-refractivity contribution is 5.85. The second-order valence-corrected chi connectivity index (χ2v) is 16.7. The Morgan fingerprint density at radius 2 is 1.20 bits per heavy atom. The summed E-state index contributed by atoms with van der Waals surface area (Å²) in [4.78, 5) is 29.8. The van der Waals surface area contributed by atoms with Crippen LogP contribution in [-0.2, 0) is 6.42 Å². The maximum absolute atomic E-state index is 16.4. The highest BCUT2D eigenvalue weighted by Crippen LogP contribution is 2.38. The minimum Gasteiger partial charge on any atom is -0.434 e. The van der Waals surface area contributed by atoms with Crippen molar-refractivity contribution in [2.75, 3.05) is 79.8 Å². The molecule has 69 heavy (non-hydrogen) atoms. The van der Waals surface area contributed by atoms with Gasteiger partial charge in [0.1, 0.15) is 24.3 Å². The molecule has 5 N–H and O–H groups in total. The van der Waals surface area contributed by atoms with E-state index in [0.717, 1.165) is 82.2 Å². The zero-order chi connectivity index (χ0) is 47.8. The van der Waals surface area contributed by atoms with Crippen LogP contribution in [0.2, 0.25) is 0 Å². The summed E-state index contributed by atoms with van der Waals surface area (Å²) in [5.41, 5.74) is 3.36. The topological polar surface area (TPSA) is 195 Å². The predicted molar refractivity (Wildman–Crippen MR) is 252 cm³/mol. The monoisotopic (exact) mass is 934 g/mol. The molecule has 6 heterocycles. The predicted octanol–water partition coefficient (Wildman–Crippen LogP) is 8.66. The first-order valence-electron chi connectivity index (χ1n) is 22.0. The van der Waals surface area contributed by atoms with Gasteiger partial charge in [0.25, 0.3) is 0 Å². The van der Waals surface area contributed by atoms with Crippen LogP contribution >= 0.6 is 0 Å². The van der Waals surface area contributed by atoms with Crippen molar-refractivity contribution in [2.45, 2.75) is 13.3 Å². The van der Waals surface area contributed by atoms with E-state index in [0.29, 0.717) is 17.1 Å². The summed E-state index contributed by atoms with van der Waals surface area (Å²) in [5.74, 6) is -5.25. The molecule has 2 aliphatic heterocycles. The first-order chi connectivity index (χ1) is 33.5. The summed E-state index contributed by atoms with van der Waals surface area (Å²) < 4.78 is 75.1. The zero-order valence-corrected chi connectivity index (χ0v) is 37.2. The van der Waals surface area contributed by atoms with Gasteiger partial charge in [-0.1, -0.05) is 0 Å². The highest BCUT2D eigenvalue weighted by atomic mass is 19.1. The first kappa shape index (κ1) is 44.4. The van der Waals surface area contributed by atoms with Crippen LogP contribution in [-0.4, -0.2) is 94.2 Å². The maximum atomic E-state index is 16.4. The second kappa shape index (κ2) is 18.7. The number of fused-ring (bicyclic) bond motifs is 2. The number of hydrogen-bond acceptors (Lipinski definition) is 14. The molecule has 0 spiro atoms. The van der Waals surface area contributed by atoms with Crippen LogP contribution in [0.25, 0.3) is 21.8 Å². The number of likely N-dealkylation sites (N-methyl/N-ethyl adjacent to an activating group) is 1. The number of ether oxygens (including phenoxy) is 2. The van der Waals surface area contributed by atoms with Gasteiger partial charge in [0.2, 0.25) is 11.8 Å². The number of halogens is 4. The van der Waals surface area contributed by atoms with Crippen LogP contribution in [0, 0.1) is 52.9 Å². The van der Waals surface area contributed by atoms with Crippen LogP contribution in [0.4, 0.5) is 51.9 Å². The van der Waals surface area contributed by atoms with E-state index in [9.17, 15) is 10.5 Å². The van der Waals surface area contributed by atoms with Crippen molar-refractivity contribution in [3.63, 3.8) is 0 Å². The van der Waals surface area contributed by atoms with Gasteiger partial charge in [-0.3, -0.25) is 0 Å². The normalized spacial score (nSPS) is 14.2. The zero-order valence-electron chi connectivity index (χ0n) is 37.2. The fourth-order valence-electron chi connectivity index (χ4n) is 8.45. The quantitative estimate of drug-likeness (QED) is 0.0731. The lowest BCUT2D eigenvalue weighted by atomic mass is 10.2. The van der Waals surface area contributed by atoms with E-state index >= 15 is 17.6 Å². The number of rotatable bonds is 12. The first-order valence-corrected chi connectivity index (χ1v) is 22.0. The Kier molecular flexibility index (Phi) is 12.0. The molecule has 0 radical (unpaired) electrons. The summed E-state index contributed by atoms with van der Waals surface area (Å²) in [6, 6.07) is 23.6. The fraction of sp³-hybridized carbons (Fsp3) is 0.224. The summed E-state index contributed by atoms with van der Waals surface area (Å²) in [6.07, 6.45) is 0.937. The van der Waals surface area contributed by atoms with E-state index in [1.807, 2.05) is 60.7 Å². The van der Waals surface area contributed by atoms with Crippen molar-refractivity contribution in [3.8, 4) is 35.4 Å². The third-order valence-electron chi connectivity index (χ3n) is 12.1. The number of benzene rings is 4. The minimum absolute atomic E-state index is 0.0121. The number of anilines is 6. The van der Waals surface area contributed by atoms with Crippen LogP contribution in [0.15, 0.2) is 79.1 Å². The van der Waals surface area contributed by atoms with Gasteiger partial charge in [0.05, 0.1) is 11.0 Å². The van der Waals surface area contributed by atoms with Crippen molar-refractivity contribution < 1.29 is 27.0 Å². The van der Waals surface area contributed by atoms with E-state index in [-0.39, 0.29) is 68.4 Å². The average Bonchev–Trinajstić information content (AvgIpc) is 3.98. The third-order valence-corrected chi connectivity index (χ3v) is 12.1. The smallest absolute Gasteiger partial charge is 0.243 e. The number of aryl methyl sites for hydroxylation is 1. The summed E-state index contributed by atoms with van der Waals surface area (Å²) in [7, 11) is 2.08. The molecule has 10 rings (SSSR count). The number of aromatic nitrogens is 6. The van der Waals surface area contributed by atoms with Gasteiger partial charge in [-0.15, -0.1) is 0 Å². The van der Waals surface area contributed by atoms with Crippen LogP contribution in [0.1, 0.15) is 28.3 Å². The number of nitrogens with one attached hydrogen (secondary N) is 5. The molecular formula is C49H42F4N14O2. The number of aromatic amines is 2. The molecule has 0 atom stereocenters. The third kappa shape index (κ3) is 9.06.